The molecule has 1 aliphatic heterocycles. The van der Waals surface area contributed by atoms with Gasteiger partial charge in [0.25, 0.3) is 0 Å². The third kappa shape index (κ3) is 16.0. The van der Waals surface area contributed by atoms with Crippen LogP contribution < -0.4 is 27.0 Å². The fraction of sp³-hybridized carbons (Fsp3) is 0.683. The van der Waals surface area contributed by atoms with Gasteiger partial charge in [0, 0.05) is 31.6 Å². The van der Waals surface area contributed by atoms with Crippen LogP contribution in [0.15, 0.2) is 24.3 Å². The normalized spacial score (nSPS) is 15.7. The Balaban J connectivity index is 1.93. The van der Waals surface area contributed by atoms with Crippen molar-refractivity contribution in [2.24, 2.45) is 28.4 Å². The summed E-state index contributed by atoms with van der Waals surface area (Å²) >= 11 is 0. The molecule has 1 aromatic carbocycles. The number of urea groups is 1. The van der Waals surface area contributed by atoms with Crippen molar-refractivity contribution in [3.05, 3.63) is 29.8 Å². The summed E-state index contributed by atoms with van der Waals surface area (Å²) in [6.07, 6.45) is 6.76. The van der Waals surface area contributed by atoms with E-state index in [0.29, 0.717) is 37.9 Å². The summed E-state index contributed by atoms with van der Waals surface area (Å²) in [5.74, 6) is -2.50. The lowest BCUT2D eigenvalue weighted by Gasteiger charge is -2.30. The first-order valence-electron chi connectivity index (χ1n) is 19.8. The zero-order chi connectivity index (χ0) is 41.3. The number of likely N-dealkylation sites (tertiary alicyclic amines) is 1. The van der Waals surface area contributed by atoms with E-state index in [1.165, 1.54) is 4.90 Å². The number of nitrogens with two attached hydrogens (primary N) is 1. The average Bonchev–Trinajstić information content (AvgIpc) is 3.40. The molecule has 0 saturated carbocycles. The first-order valence-corrected chi connectivity index (χ1v) is 19.8. The molecule has 1 fully saturated rings. The standard InChI is InChI=1S/C41H66N6O8/c1-9-10-13-22-41(7,8)30-25-33(49)47(37(30)52)24-14-11-12-17-32(48)46-34(27(2)3)36(51)45-31(16-15-23-43-39(42)54)35(50)44-29-20-18-28(19-21-29)26-55-38(53)40(4,5)6/h18-21,27,30-31,34H,9-17,22-26H2,1-8H3,(H,44,50)(H,45,51)(H,46,48)(H3,42,43,54)/t30?,31-,34-/m0/s1. The van der Waals surface area contributed by atoms with Crippen molar-refractivity contribution >= 4 is 47.2 Å². The summed E-state index contributed by atoms with van der Waals surface area (Å²) in [4.78, 5) is 90.4. The second-order valence-corrected chi connectivity index (χ2v) is 16.7. The fourth-order valence-electron chi connectivity index (χ4n) is 6.37. The minimum atomic E-state index is -0.995. The van der Waals surface area contributed by atoms with Crippen LogP contribution in [0.4, 0.5) is 10.5 Å². The van der Waals surface area contributed by atoms with Gasteiger partial charge in [-0.25, -0.2) is 4.79 Å². The summed E-state index contributed by atoms with van der Waals surface area (Å²) in [6, 6.07) is 4.15. The predicted molar refractivity (Wildman–Crippen MR) is 211 cm³/mol. The number of hydrogen-bond donors (Lipinski definition) is 5. The highest BCUT2D eigenvalue weighted by Gasteiger charge is 2.45. The Labute approximate surface area is 327 Å². The van der Waals surface area contributed by atoms with Gasteiger partial charge in [-0.1, -0.05) is 72.4 Å². The SMILES string of the molecule is CCCCCC(C)(C)C1CC(=O)N(CCCCCC(=O)N[C@H](C(=O)N[C@@H](CCCNC(N)=O)C(=O)Nc2ccc(COC(=O)C(C)(C)C)cc2)C(C)C)C1=O. The van der Waals surface area contributed by atoms with Crippen LogP contribution in [0.3, 0.4) is 0 Å². The lowest BCUT2D eigenvalue weighted by atomic mass is 9.74. The van der Waals surface area contributed by atoms with Gasteiger partial charge in [-0.15, -0.1) is 0 Å². The van der Waals surface area contributed by atoms with Crippen LogP contribution in [-0.4, -0.2) is 71.6 Å². The summed E-state index contributed by atoms with van der Waals surface area (Å²) < 4.78 is 5.35. The maximum atomic E-state index is 13.5. The smallest absolute Gasteiger partial charge is 0.312 e. The Morgan fingerprint density at radius 3 is 2.16 bits per heavy atom. The number of nitrogens with one attached hydrogen (secondary N) is 4. The number of nitrogens with zero attached hydrogens (tertiary/aromatic N) is 1. The van der Waals surface area contributed by atoms with E-state index in [1.807, 2.05) is 0 Å². The van der Waals surface area contributed by atoms with Crippen LogP contribution in [0.1, 0.15) is 132 Å². The molecule has 0 aliphatic carbocycles. The maximum absolute atomic E-state index is 13.5. The number of primary amides is 1. The van der Waals surface area contributed by atoms with Crippen molar-refractivity contribution in [1.82, 2.24) is 20.9 Å². The Hall–Kier alpha value is -4.49. The van der Waals surface area contributed by atoms with Crippen molar-refractivity contribution in [3.63, 3.8) is 0 Å². The van der Waals surface area contributed by atoms with Gasteiger partial charge >= 0.3 is 12.0 Å². The van der Waals surface area contributed by atoms with E-state index >= 15 is 0 Å². The summed E-state index contributed by atoms with van der Waals surface area (Å²) in [5, 5.41) is 10.9. The Bertz CT molecular complexity index is 1470. The van der Waals surface area contributed by atoms with Crippen molar-refractivity contribution < 1.29 is 38.3 Å². The molecule has 55 heavy (non-hydrogen) atoms. The van der Waals surface area contributed by atoms with Gasteiger partial charge in [0.1, 0.15) is 18.7 Å². The molecule has 1 unspecified atom stereocenters. The van der Waals surface area contributed by atoms with Gasteiger partial charge in [-0.2, -0.15) is 0 Å². The highest BCUT2D eigenvalue weighted by molar-refractivity contribution is 6.04. The fourth-order valence-corrected chi connectivity index (χ4v) is 6.37. The van der Waals surface area contributed by atoms with Crippen molar-refractivity contribution in [3.8, 4) is 0 Å². The van der Waals surface area contributed by atoms with Crippen molar-refractivity contribution in [1.29, 1.82) is 0 Å². The van der Waals surface area contributed by atoms with E-state index in [4.69, 9.17) is 10.5 Å². The zero-order valence-electron chi connectivity index (χ0n) is 34.3. The number of esters is 1. The Morgan fingerprint density at radius 2 is 1.56 bits per heavy atom. The zero-order valence-corrected chi connectivity index (χ0v) is 34.3. The first kappa shape index (κ1) is 46.7. The van der Waals surface area contributed by atoms with E-state index in [0.717, 1.165) is 31.2 Å². The van der Waals surface area contributed by atoms with Crippen LogP contribution in [0, 0.1) is 22.7 Å². The molecule has 0 bridgehead atoms. The molecule has 7 amide bonds. The molecular formula is C41H66N6O8. The number of hydrogen-bond acceptors (Lipinski definition) is 8. The third-order valence-corrected chi connectivity index (χ3v) is 9.97. The molecular weight excluding hydrogens is 704 g/mol. The third-order valence-electron chi connectivity index (χ3n) is 9.97. The van der Waals surface area contributed by atoms with Gasteiger partial charge in [0.05, 0.1) is 11.3 Å². The summed E-state index contributed by atoms with van der Waals surface area (Å²) in [5.41, 5.74) is 5.50. The van der Waals surface area contributed by atoms with Crippen LogP contribution in [-0.2, 0) is 40.1 Å². The van der Waals surface area contributed by atoms with Crippen LogP contribution in [0.2, 0.25) is 0 Å². The molecule has 0 radical (unpaired) electrons. The van der Waals surface area contributed by atoms with Gasteiger partial charge < -0.3 is 31.7 Å². The number of ether oxygens (including phenoxy) is 1. The number of carbonyl (C=O) groups is 7. The number of amides is 7. The molecule has 14 heteroatoms. The highest BCUT2D eigenvalue weighted by Crippen LogP contribution is 2.40. The second kappa shape index (κ2) is 22.2. The van der Waals surface area contributed by atoms with Crippen molar-refractivity contribution in [2.75, 3.05) is 18.4 Å². The molecule has 14 nitrogen and oxygen atoms in total. The van der Waals surface area contributed by atoms with Crippen LogP contribution in [0.25, 0.3) is 0 Å². The van der Waals surface area contributed by atoms with Gasteiger partial charge in [-0.05, 0) is 81.9 Å². The topological polar surface area (TPSA) is 206 Å². The van der Waals surface area contributed by atoms with Crippen molar-refractivity contribution in [2.45, 2.75) is 145 Å². The lowest BCUT2D eigenvalue weighted by molar-refractivity contribution is -0.154. The maximum Gasteiger partial charge on any atom is 0.312 e. The molecule has 6 N–H and O–H groups in total. The number of unbranched alkanes of at least 4 members (excludes halogenated alkanes) is 4. The highest BCUT2D eigenvalue weighted by atomic mass is 16.5. The average molecular weight is 771 g/mol. The molecule has 1 aromatic rings. The van der Waals surface area contributed by atoms with Crippen LogP contribution >= 0.6 is 0 Å². The molecule has 1 heterocycles. The number of imide groups is 1. The number of carbonyl (C=O) groups excluding carboxylic acids is 7. The molecule has 1 aliphatic rings. The minimum Gasteiger partial charge on any atom is -0.460 e. The lowest BCUT2D eigenvalue weighted by Crippen LogP contribution is -2.54. The number of rotatable bonds is 23. The molecule has 0 spiro atoms. The first-order chi connectivity index (χ1) is 25.8. The Kier molecular flexibility index (Phi) is 18.8. The number of anilines is 1. The van der Waals surface area contributed by atoms with E-state index < -0.39 is 35.3 Å². The summed E-state index contributed by atoms with van der Waals surface area (Å²) in [7, 11) is 0. The van der Waals surface area contributed by atoms with Crippen LogP contribution in [0.5, 0.6) is 0 Å². The quantitative estimate of drug-likeness (QED) is 0.0557. The van der Waals surface area contributed by atoms with Gasteiger partial charge in [-0.3, -0.25) is 33.7 Å². The second-order valence-electron chi connectivity index (χ2n) is 16.7. The minimum absolute atomic E-state index is 0.0805. The molecule has 308 valence electrons. The molecule has 2 rings (SSSR count). The molecule has 1 saturated heterocycles. The van der Waals surface area contributed by atoms with E-state index in [2.05, 4.69) is 42.0 Å². The van der Waals surface area contributed by atoms with E-state index in [1.54, 1.807) is 58.9 Å². The number of benzene rings is 1. The Morgan fingerprint density at radius 1 is 0.891 bits per heavy atom. The predicted octanol–water partition coefficient (Wildman–Crippen LogP) is 5.33. The monoisotopic (exact) mass is 770 g/mol. The largest absolute Gasteiger partial charge is 0.460 e. The van der Waals surface area contributed by atoms with Gasteiger partial charge in [0.2, 0.25) is 29.5 Å². The van der Waals surface area contributed by atoms with Gasteiger partial charge in [0.15, 0.2) is 0 Å². The summed E-state index contributed by atoms with van der Waals surface area (Å²) in [6.45, 7) is 15.8. The van der Waals surface area contributed by atoms with E-state index in [9.17, 15) is 33.6 Å². The molecule has 0 aromatic heterocycles. The van der Waals surface area contributed by atoms with E-state index in [-0.39, 0.29) is 73.4 Å². The molecule has 3 atom stereocenters.